The van der Waals surface area contributed by atoms with E-state index in [1.54, 1.807) is 25.1 Å². The minimum Gasteiger partial charge on any atom is -0.319 e. The second-order valence-corrected chi connectivity index (χ2v) is 6.43. The van der Waals surface area contributed by atoms with Gasteiger partial charge in [0.05, 0.1) is 11.3 Å². The van der Waals surface area contributed by atoms with Gasteiger partial charge in [-0.15, -0.1) is 5.10 Å². The van der Waals surface area contributed by atoms with E-state index in [0.29, 0.717) is 21.6 Å². The number of amides is 1. The Morgan fingerprint density at radius 3 is 2.41 bits per heavy atom. The highest BCUT2D eigenvalue weighted by molar-refractivity contribution is 6.34. The molecule has 1 heterocycles. The first-order chi connectivity index (χ1) is 12.6. The summed E-state index contributed by atoms with van der Waals surface area (Å²) in [5, 5.41) is 7.19. The number of hydrogen-bond donors (Lipinski definition) is 1. The van der Waals surface area contributed by atoms with Crippen molar-refractivity contribution in [3.05, 3.63) is 69.7 Å². The summed E-state index contributed by atoms with van der Waals surface area (Å²) in [7, 11) is 0. The lowest BCUT2D eigenvalue weighted by molar-refractivity contribution is -0.137. The maximum absolute atomic E-state index is 12.8. The molecule has 0 aliphatic carbocycles. The van der Waals surface area contributed by atoms with Crippen molar-refractivity contribution in [3.8, 4) is 5.69 Å². The van der Waals surface area contributed by atoms with Gasteiger partial charge in [0.1, 0.15) is 5.82 Å². The molecule has 1 aromatic heterocycles. The van der Waals surface area contributed by atoms with E-state index >= 15 is 0 Å². The Balaban J connectivity index is 1.87. The second-order valence-electron chi connectivity index (χ2n) is 5.55. The molecule has 0 spiro atoms. The van der Waals surface area contributed by atoms with E-state index in [1.165, 1.54) is 16.8 Å². The summed E-state index contributed by atoms with van der Waals surface area (Å²) < 4.78 is 39.7. The van der Waals surface area contributed by atoms with Crippen LogP contribution in [0.25, 0.3) is 5.69 Å². The van der Waals surface area contributed by atoms with E-state index in [0.717, 1.165) is 12.1 Å². The van der Waals surface area contributed by atoms with Crippen LogP contribution in [-0.2, 0) is 6.18 Å². The number of rotatable bonds is 3. The van der Waals surface area contributed by atoms with Crippen LogP contribution in [0.2, 0.25) is 10.0 Å². The van der Waals surface area contributed by atoms with Crippen molar-refractivity contribution in [3.63, 3.8) is 0 Å². The number of halogens is 5. The van der Waals surface area contributed by atoms with Gasteiger partial charge in [-0.25, -0.2) is 9.67 Å². The van der Waals surface area contributed by atoms with Gasteiger partial charge in [0.25, 0.3) is 5.91 Å². The van der Waals surface area contributed by atoms with E-state index in [9.17, 15) is 18.0 Å². The zero-order chi connectivity index (χ0) is 19.8. The zero-order valence-electron chi connectivity index (χ0n) is 13.7. The third-order valence-corrected chi connectivity index (χ3v) is 3.95. The van der Waals surface area contributed by atoms with Gasteiger partial charge in [-0.3, -0.25) is 4.79 Å². The summed E-state index contributed by atoms with van der Waals surface area (Å²) in [6.07, 6.45) is -4.51. The smallest absolute Gasteiger partial charge is 0.319 e. The molecule has 0 unspecified atom stereocenters. The van der Waals surface area contributed by atoms with Crippen molar-refractivity contribution in [2.45, 2.75) is 13.1 Å². The van der Waals surface area contributed by atoms with Crippen LogP contribution in [0.15, 0.2) is 42.5 Å². The molecule has 0 fully saturated rings. The van der Waals surface area contributed by atoms with Crippen LogP contribution in [0, 0.1) is 6.92 Å². The average Bonchev–Trinajstić information content (AvgIpc) is 2.95. The van der Waals surface area contributed by atoms with Crippen LogP contribution >= 0.6 is 23.2 Å². The number of benzene rings is 2. The number of nitrogens with one attached hydrogen (secondary N) is 1. The van der Waals surface area contributed by atoms with Crippen LogP contribution in [0.1, 0.15) is 22.0 Å². The van der Waals surface area contributed by atoms with Gasteiger partial charge in [-0.05, 0) is 43.3 Å². The van der Waals surface area contributed by atoms with Crippen molar-refractivity contribution >= 4 is 34.8 Å². The highest BCUT2D eigenvalue weighted by atomic mass is 35.5. The molecular weight excluding hydrogens is 404 g/mol. The molecule has 2 aromatic carbocycles. The monoisotopic (exact) mass is 414 g/mol. The maximum atomic E-state index is 12.8. The summed E-state index contributed by atoms with van der Waals surface area (Å²) in [5.41, 5.74) is -0.395. The molecular formula is C17H11Cl2F3N4O. The van der Waals surface area contributed by atoms with Crippen molar-refractivity contribution < 1.29 is 18.0 Å². The van der Waals surface area contributed by atoms with Gasteiger partial charge in [0.2, 0.25) is 5.82 Å². The highest BCUT2D eigenvalue weighted by Crippen LogP contribution is 2.30. The predicted octanol–water partition coefficient (Wildman–Crippen LogP) is 5.15. The fourth-order valence-corrected chi connectivity index (χ4v) is 2.87. The van der Waals surface area contributed by atoms with Gasteiger partial charge in [0.15, 0.2) is 0 Å². The van der Waals surface area contributed by atoms with Gasteiger partial charge in [0, 0.05) is 15.7 Å². The molecule has 1 N–H and O–H groups in total. The molecule has 3 aromatic rings. The number of aromatic nitrogens is 3. The lowest BCUT2D eigenvalue weighted by atomic mass is 10.2. The third-order valence-electron chi connectivity index (χ3n) is 3.51. The molecule has 0 aliphatic rings. The fraction of sp³-hybridized carbons (Fsp3) is 0.118. The molecule has 0 saturated heterocycles. The first-order valence-corrected chi connectivity index (χ1v) is 8.28. The third kappa shape index (κ3) is 4.40. The molecule has 0 saturated carbocycles. The second kappa shape index (κ2) is 7.21. The zero-order valence-corrected chi connectivity index (χ0v) is 15.2. The normalized spacial score (nSPS) is 11.5. The average molecular weight is 415 g/mol. The molecule has 0 bridgehead atoms. The van der Waals surface area contributed by atoms with Gasteiger partial charge in [-0.1, -0.05) is 29.3 Å². The number of anilines is 1. The molecule has 140 valence electrons. The fourth-order valence-electron chi connectivity index (χ4n) is 2.35. The minimum absolute atomic E-state index is 0.0189. The van der Waals surface area contributed by atoms with Crippen molar-refractivity contribution in [2.24, 2.45) is 0 Å². The first-order valence-electron chi connectivity index (χ1n) is 7.52. The number of alkyl halides is 3. The number of nitrogens with zero attached hydrogens (tertiary/aromatic N) is 3. The Kier molecular flexibility index (Phi) is 5.12. The number of hydrogen-bond acceptors (Lipinski definition) is 3. The molecule has 5 nitrogen and oxygen atoms in total. The Hall–Kier alpha value is -2.58. The molecule has 0 aliphatic heterocycles. The lowest BCUT2D eigenvalue weighted by Gasteiger charge is -2.08. The van der Waals surface area contributed by atoms with Crippen LogP contribution in [-0.4, -0.2) is 20.7 Å². The van der Waals surface area contributed by atoms with E-state index in [4.69, 9.17) is 23.2 Å². The Labute approximate surface area is 161 Å². The molecule has 3 rings (SSSR count). The topological polar surface area (TPSA) is 59.8 Å². The molecule has 10 heteroatoms. The minimum atomic E-state index is -4.51. The number of carbonyl (C=O) groups is 1. The van der Waals surface area contributed by atoms with E-state index < -0.39 is 17.6 Å². The van der Waals surface area contributed by atoms with Crippen LogP contribution < -0.4 is 5.32 Å². The summed E-state index contributed by atoms with van der Waals surface area (Å²) in [6, 6.07) is 9.00. The largest absolute Gasteiger partial charge is 0.416 e. The molecule has 27 heavy (non-hydrogen) atoms. The highest BCUT2D eigenvalue weighted by Gasteiger charge is 2.30. The number of carbonyl (C=O) groups excluding carboxylic acids is 1. The van der Waals surface area contributed by atoms with Crippen LogP contribution in [0.5, 0.6) is 0 Å². The van der Waals surface area contributed by atoms with Gasteiger partial charge in [-0.2, -0.15) is 13.2 Å². The van der Waals surface area contributed by atoms with E-state index in [2.05, 4.69) is 15.4 Å². The van der Waals surface area contributed by atoms with Crippen LogP contribution in [0.3, 0.4) is 0 Å². The Morgan fingerprint density at radius 1 is 1.11 bits per heavy atom. The van der Waals surface area contributed by atoms with E-state index in [-0.39, 0.29) is 11.5 Å². The Bertz CT molecular complexity index is 997. The summed E-state index contributed by atoms with van der Waals surface area (Å²) >= 11 is 11.9. The molecule has 1 amide bonds. The SMILES string of the molecule is Cc1nc(C(=O)Nc2cccc(C(F)(F)F)c2)nn1-c1cc(Cl)cc(Cl)c1. The molecule has 0 radical (unpaired) electrons. The summed E-state index contributed by atoms with van der Waals surface area (Å²) in [5.74, 6) is -0.576. The first kappa shape index (κ1) is 19.2. The van der Waals surface area contributed by atoms with Crippen molar-refractivity contribution in [1.29, 1.82) is 0 Å². The number of aryl methyl sites for hydroxylation is 1. The van der Waals surface area contributed by atoms with Gasteiger partial charge >= 0.3 is 6.18 Å². The standard InChI is InChI=1S/C17H11Cl2F3N4O/c1-9-23-15(25-26(9)14-7-11(18)6-12(19)8-14)16(27)24-13-4-2-3-10(5-13)17(20,21)22/h2-8H,1H3,(H,24,27). The summed E-state index contributed by atoms with van der Waals surface area (Å²) in [6.45, 7) is 1.61. The Morgan fingerprint density at radius 2 is 1.78 bits per heavy atom. The van der Waals surface area contributed by atoms with Crippen molar-refractivity contribution in [2.75, 3.05) is 5.32 Å². The van der Waals surface area contributed by atoms with Crippen molar-refractivity contribution in [1.82, 2.24) is 14.8 Å². The van der Waals surface area contributed by atoms with E-state index in [1.807, 2.05) is 0 Å². The quantitative estimate of drug-likeness (QED) is 0.644. The molecule has 0 atom stereocenters. The van der Waals surface area contributed by atoms with Crippen LogP contribution in [0.4, 0.5) is 18.9 Å². The summed E-state index contributed by atoms with van der Waals surface area (Å²) in [4.78, 5) is 16.4. The van der Waals surface area contributed by atoms with Gasteiger partial charge < -0.3 is 5.32 Å². The lowest BCUT2D eigenvalue weighted by Crippen LogP contribution is -2.15. The predicted molar refractivity (Wildman–Crippen MR) is 95.5 cm³/mol. The maximum Gasteiger partial charge on any atom is 0.416 e.